The van der Waals surface area contributed by atoms with Crippen molar-refractivity contribution in [3.63, 3.8) is 0 Å². The number of hydrogen-bond acceptors (Lipinski definition) is 4. The molecule has 0 radical (unpaired) electrons. The van der Waals surface area contributed by atoms with Crippen molar-refractivity contribution in [2.75, 3.05) is 0 Å². The summed E-state index contributed by atoms with van der Waals surface area (Å²) >= 11 is 3.33. The second kappa shape index (κ2) is 5.98. The third-order valence-electron chi connectivity index (χ3n) is 2.59. The maximum atomic E-state index is 13.0. The van der Waals surface area contributed by atoms with Crippen LogP contribution in [0.5, 0.6) is 11.5 Å². The number of ether oxygens (including phenoxy) is 1. The zero-order chi connectivity index (χ0) is 14.7. The third kappa shape index (κ3) is 3.12. The molecule has 104 valence electrons. The number of nitrogens with two attached hydrogens (primary N) is 1. The molecule has 0 amide bonds. The first-order valence-electron chi connectivity index (χ1n) is 5.61. The van der Waals surface area contributed by atoms with Gasteiger partial charge in [-0.05, 0) is 29.8 Å². The van der Waals surface area contributed by atoms with E-state index in [1.807, 2.05) is 0 Å². The normalized spacial score (nSPS) is 10.3. The van der Waals surface area contributed by atoms with Gasteiger partial charge in [0.15, 0.2) is 0 Å². The van der Waals surface area contributed by atoms with Crippen LogP contribution in [0.3, 0.4) is 0 Å². The summed E-state index contributed by atoms with van der Waals surface area (Å²) in [6, 6.07) is 8.17. The Morgan fingerprint density at radius 3 is 2.65 bits per heavy atom. The summed E-state index contributed by atoms with van der Waals surface area (Å²) in [5, 5.41) is 10.9. The molecule has 0 saturated heterocycles. The number of hydrogen-bond donors (Lipinski definition) is 1. The maximum absolute atomic E-state index is 13.0. The number of rotatable bonds is 4. The Morgan fingerprint density at radius 1 is 1.30 bits per heavy atom. The number of nitro benzene ring substituents is 1. The first kappa shape index (κ1) is 14.4. The van der Waals surface area contributed by atoms with E-state index in [9.17, 15) is 14.5 Å². The van der Waals surface area contributed by atoms with E-state index < -0.39 is 16.4 Å². The average Bonchev–Trinajstić information content (AvgIpc) is 2.41. The lowest BCUT2D eigenvalue weighted by Gasteiger charge is -2.08. The average molecular weight is 341 g/mol. The summed E-state index contributed by atoms with van der Waals surface area (Å²) in [6.07, 6.45) is 0. The van der Waals surface area contributed by atoms with E-state index in [0.29, 0.717) is 12.3 Å². The molecule has 0 aliphatic heterocycles. The van der Waals surface area contributed by atoms with Crippen molar-refractivity contribution in [2.24, 2.45) is 5.73 Å². The molecular weight excluding hydrogens is 331 g/mol. The van der Waals surface area contributed by atoms with E-state index in [0.717, 1.165) is 22.2 Å². The van der Waals surface area contributed by atoms with E-state index >= 15 is 0 Å². The fraction of sp³-hybridized carbons (Fsp3) is 0.0769. The Balaban J connectivity index is 2.35. The molecule has 0 spiro atoms. The quantitative estimate of drug-likeness (QED) is 0.679. The molecule has 2 N–H and O–H groups in total. The molecule has 7 heteroatoms. The maximum Gasteiger partial charge on any atom is 0.314 e. The Kier molecular flexibility index (Phi) is 4.31. The Bertz CT molecular complexity index is 664. The van der Waals surface area contributed by atoms with Gasteiger partial charge in [0.25, 0.3) is 0 Å². The number of nitrogens with zero attached hydrogens (tertiary/aromatic N) is 1. The van der Waals surface area contributed by atoms with Crippen molar-refractivity contribution >= 4 is 21.6 Å². The van der Waals surface area contributed by atoms with Crippen LogP contribution in [-0.2, 0) is 6.54 Å². The van der Waals surface area contributed by atoms with E-state index in [2.05, 4.69) is 15.9 Å². The van der Waals surface area contributed by atoms with Crippen molar-refractivity contribution in [1.29, 1.82) is 0 Å². The van der Waals surface area contributed by atoms with Gasteiger partial charge in [0, 0.05) is 11.0 Å². The van der Waals surface area contributed by atoms with Crippen LogP contribution in [-0.4, -0.2) is 4.92 Å². The lowest BCUT2D eigenvalue weighted by molar-refractivity contribution is -0.385. The van der Waals surface area contributed by atoms with Gasteiger partial charge in [-0.2, -0.15) is 0 Å². The Hall–Kier alpha value is -1.99. The molecule has 0 bridgehead atoms. The molecule has 2 aromatic carbocycles. The molecule has 0 aliphatic rings. The third-order valence-corrected chi connectivity index (χ3v) is 3.33. The van der Waals surface area contributed by atoms with E-state index in [1.54, 1.807) is 18.2 Å². The highest BCUT2D eigenvalue weighted by Gasteiger charge is 2.17. The van der Waals surface area contributed by atoms with Crippen molar-refractivity contribution in [3.05, 3.63) is 62.4 Å². The fourth-order valence-corrected chi connectivity index (χ4v) is 2.12. The van der Waals surface area contributed by atoms with Gasteiger partial charge in [-0.25, -0.2) is 4.39 Å². The van der Waals surface area contributed by atoms with Crippen LogP contribution in [0, 0.1) is 15.9 Å². The van der Waals surface area contributed by atoms with Crippen LogP contribution in [0.4, 0.5) is 10.1 Å². The number of benzene rings is 2. The van der Waals surface area contributed by atoms with Gasteiger partial charge in [0.1, 0.15) is 11.6 Å². The van der Waals surface area contributed by atoms with Gasteiger partial charge >= 0.3 is 5.69 Å². The summed E-state index contributed by atoms with van der Waals surface area (Å²) in [7, 11) is 0. The molecule has 0 fully saturated rings. The van der Waals surface area contributed by atoms with Crippen LogP contribution in [0.2, 0.25) is 0 Å². The lowest BCUT2D eigenvalue weighted by Crippen LogP contribution is -1.98. The zero-order valence-corrected chi connectivity index (χ0v) is 11.8. The van der Waals surface area contributed by atoms with Crippen LogP contribution < -0.4 is 10.5 Å². The molecule has 0 unspecified atom stereocenters. The van der Waals surface area contributed by atoms with E-state index in [4.69, 9.17) is 10.5 Å². The highest BCUT2D eigenvalue weighted by Crippen LogP contribution is 2.33. The Labute approximate surface area is 122 Å². The van der Waals surface area contributed by atoms with Crippen molar-refractivity contribution in [1.82, 2.24) is 0 Å². The molecule has 0 atom stereocenters. The van der Waals surface area contributed by atoms with Gasteiger partial charge in [-0.1, -0.05) is 22.0 Å². The summed E-state index contributed by atoms with van der Waals surface area (Å²) in [6.45, 7) is 0.359. The summed E-state index contributed by atoms with van der Waals surface area (Å²) in [5.41, 5.74) is 5.99. The molecular formula is C13H10BrFN2O3. The first-order chi connectivity index (χ1) is 9.51. The number of halogens is 2. The fourth-order valence-electron chi connectivity index (χ4n) is 1.60. The van der Waals surface area contributed by atoms with Gasteiger partial charge in [-0.3, -0.25) is 10.1 Å². The highest BCUT2D eigenvalue weighted by atomic mass is 79.9. The second-order valence-electron chi connectivity index (χ2n) is 3.93. The summed E-state index contributed by atoms with van der Waals surface area (Å²) in [4.78, 5) is 10.2. The minimum absolute atomic E-state index is 0.0243. The van der Waals surface area contributed by atoms with Crippen molar-refractivity contribution in [3.8, 4) is 11.5 Å². The minimum atomic E-state index is -0.693. The van der Waals surface area contributed by atoms with Gasteiger partial charge in [-0.15, -0.1) is 0 Å². The SMILES string of the molecule is NCc1ccc(Oc2ccc(F)cc2[N+](=O)[O-])cc1Br. The predicted octanol–water partition coefficient (Wildman–Crippen LogP) is 3.75. The van der Waals surface area contributed by atoms with Gasteiger partial charge in [0.05, 0.1) is 11.0 Å². The molecule has 5 nitrogen and oxygen atoms in total. The lowest BCUT2D eigenvalue weighted by atomic mass is 10.2. The topological polar surface area (TPSA) is 78.4 Å². The van der Waals surface area contributed by atoms with E-state index in [-0.39, 0.29) is 5.75 Å². The molecule has 2 rings (SSSR count). The number of nitro groups is 1. The standard InChI is InChI=1S/C13H10BrFN2O3/c14-11-6-10(3-1-8(11)7-16)20-13-4-2-9(15)5-12(13)17(18)19/h1-6H,7,16H2. The zero-order valence-electron chi connectivity index (χ0n) is 10.2. The minimum Gasteiger partial charge on any atom is -0.450 e. The van der Waals surface area contributed by atoms with E-state index in [1.165, 1.54) is 6.07 Å². The monoisotopic (exact) mass is 340 g/mol. The molecule has 0 saturated carbocycles. The first-order valence-corrected chi connectivity index (χ1v) is 6.41. The molecule has 2 aromatic rings. The van der Waals surface area contributed by atoms with Crippen LogP contribution in [0.1, 0.15) is 5.56 Å². The molecule has 0 aromatic heterocycles. The molecule has 20 heavy (non-hydrogen) atoms. The van der Waals surface area contributed by atoms with Crippen molar-refractivity contribution in [2.45, 2.75) is 6.54 Å². The van der Waals surface area contributed by atoms with Gasteiger partial charge in [0.2, 0.25) is 5.75 Å². The largest absolute Gasteiger partial charge is 0.450 e. The van der Waals surface area contributed by atoms with Crippen molar-refractivity contribution < 1.29 is 14.1 Å². The highest BCUT2D eigenvalue weighted by molar-refractivity contribution is 9.10. The van der Waals surface area contributed by atoms with Crippen LogP contribution >= 0.6 is 15.9 Å². The van der Waals surface area contributed by atoms with Crippen LogP contribution in [0.25, 0.3) is 0 Å². The molecule has 0 aliphatic carbocycles. The summed E-state index contributed by atoms with van der Waals surface area (Å²) < 4.78 is 19.2. The van der Waals surface area contributed by atoms with Gasteiger partial charge < -0.3 is 10.5 Å². The second-order valence-corrected chi connectivity index (χ2v) is 4.78. The molecule has 0 heterocycles. The smallest absolute Gasteiger partial charge is 0.314 e. The predicted molar refractivity (Wildman–Crippen MR) is 75.2 cm³/mol. The Morgan fingerprint density at radius 2 is 2.05 bits per heavy atom. The van der Waals surface area contributed by atoms with Crippen LogP contribution in [0.15, 0.2) is 40.9 Å². The summed E-state index contributed by atoms with van der Waals surface area (Å²) in [5.74, 6) is -0.323.